The molecule has 0 unspecified atom stereocenters. The molecule has 2 aromatic heterocycles. The first-order valence-corrected chi connectivity index (χ1v) is 34.6. The molecule has 1 fully saturated rings. The van der Waals surface area contributed by atoms with Gasteiger partial charge < -0.3 is 11.7 Å². The minimum atomic E-state index is -0.750. The van der Waals surface area contributed by atoms with Crippen molar-refractivity contribution in [2.45, 2.75) is 53.6 Å². The molecule has 0 amide bonds. The van der Waals surface area contributed by atoms with Gasteiger partial charge in [0.1, 0.15) is 6.29 Å². The predicted molar refractivity (Wildman–Crippen MR) is 395 cm³/mol. The van der Waals surface area contributed by atoms with E-state index in [4.69, 9.17) is 39.5 Å². The van der Waals surface area contributed by atoms with Crippen molar-refractivity contribution in [1.82, 2.24) is 0 Å². The van der Waals surface area contributed by atoms with Gasteiger partial charge in [0, 0.05) is 54.3 Å². The number of thioether (sulfide) groups is 2. The average molecular weight is 1290 g/mol. The Bertz CT molecular complexity index is 4560. The van der Waals surface area contributed by atoms with Crippen molar-refractivity contribution in [3.05, 3.63) is 259 Å². The number of benzene rings is 12. The summed E-state index contributed by atoms with van der Waals surface area (Å²) in [5.41, 5.74) is 5.36. The molecule has 1 saturated heterocycles. The van der Waals surface area contributed by atoms with Crippen molar-refractivity contribution >= 4 is 200 Å². The van der Waals surface area contributed by atoms with E-state index in [-0.39, 0.29) is 18.9 Å². The minimum Gasteiger partial charge on any atom is -0.381 e. The zero-order valence-corrected chi connectivity index (χ0v) is 56.2. The van der Waals surface area contributed by atoms with Gasteiger partial charge in [0.15, 0.2) is 10.6 Å². The molecule has 0 atom stereocenters. The first-order chi connectivity index (χ1) is 43.0. The molecule has 3 heterocycles. The van der Waals surface area contributed by atoms with E-state index in [9.17, 15) is 9.59 Å². The number of carbonyl (C=O) groups is 2. The summed E-state index contributed by atoms with van der Waals surface area (Å²) in [6.07, 6.45) is 15.2. The molecule has 12 aromatic carbocycles. The number of thiophene rings is 2. The number of halogens is 3. The molecule has 0 saturated carbocycles. The molecule has 1 aliphatic heterocycles. The van der Waals surface area contributed by atoms with Crippen LogP contribution in [-0.4, -0.2) is 42.6 Å². The second-order valence-corrected chi connectivity index (χ2v) is 26.6. The predicted octanol–water partition coefficient (Wildman–Crippen LogP) is 22.2. The Balaban J connectivity index is 0.000000147. The average Bonchev–Trinajstić information content (AvgIpc) is 1.66. The Morgan fingerprint density at radius 2 is 0.798 bits per heavy atom. The molecule has 0 radical (unpaired) electrons. The second-order valence-electron chi connectivity index (χ2n) is 20.8. The number of hydrogen-bond donors (Lipinski definition) is 0. The summed E-state index contributed by atoms with van der Waals surface area (Å²) in [6, 6.07) is 78.6. The number of fused-ring (bicyclic) bond motifs is 11. The zero-order valence-electron chi connectivity index (χ0n) is 50.7. The second kappa shape index (κ2) is 34.7. The van der Waals surface area contributed by atoms with E-state index in [0.717, 1.165) is 59.0 Å². The molecule has 1 aliphatic rings. The van der Waals surface area contributed by atoms with E-state index in [1.54, 1.807) is 23.5 Å². The Morgan fingerprint density at radius 1 is 0.461 bits per heavy atom. The SMILES string of the molecule is C1CCOC1.CSc1cc2ccccc2cc1/C=C/c1cc2ccccc2cc1C.CSc1cc2ccccc2cc1C=O.ClC(Cl)Cl.O=Cc1ccc2ccccc2c1.[CH2-]CCC.[Li+].c1ccc2cc3c(cc2c1)sc1c2cc4ccccc4cc2sc31. The molecule has 3 nitrogen and oxygen atoms in total. The summed E-state index contributed by atoms with van der Waals surface area (Å²) in [7, 11) is 0. The number of unbranched alkanes of at least 4 members (excludes halogenated alkanes) is 1. The van der Waals surface area contributed by atoms with Crippen molar-refractivity contribution in [2.75, 3.05) is 25.7 Å². The van der Waals surface area contributed by atoms with E-state index >= 15 is 0 Å². The standard InChI is InChI=1S/C24H20S.C22H12S2.C12H10OS.C11H8O.C4H8O.C4H9.CHCl3.Li/c1-17-13-19-7-3-4-8-20(19)14-18(17)11-12-23-15-21-9-5-6-10-22(21)16-24(23)25-2;1-3-7-15-11-19-17(9-13(15)5-1)21-22(23-19)18-10-14-6-2-4-8-16(14)12-20(18)24-21;1-14-12-7-10-5-3-2-4-9(10)6-11(12)8-13;12-8-9-5-6-10-3-1-2-4-11(10)7-9;1-2-4-5-3-1;1-3-4-2;2-1(3)4;/h3-16H,1-2H3;1-12H;2-8H,1H3;1-8H;1-4H2;1,3-4H2,2H3;1H;/q;;;;;-1;;+1/b12-11+;;;;;;;. The van der Waals surface area contributed by atoms with E-state index in [0.29, 0.717) is 0 Å². The number of ether oxygens (including phenoxy) is 1. The van der Waals surface area contributed by atoms with E-state index < -0.39 is 4.30 Å². The fraction of sp³-hybridized carbons (Fsp3) is 0.141. The van der Waals surface area contributed by atoms with Gasteiger partial charge in [-0.2, -0.15) is 6.42 Å². The summed E-state index contributed by atoms with van der Waals surface area (Å²) in [5.74, 6) is 0. The van der Waals surface area contributed by atoms with Crippen LogP contribution in [0.4, 0.5) is 0 Å². The number of rotatable bonds is 7. The van der Waals surface area contributed by atoms with E-state index in [1.807, 2.05) is 95.7 Å². The molecule has 0 N–H and O–H groups in total. The Morgan fingerprint density at radius 3 is 1.18 bits per heavy atom. The van der Waals surface area contributed by atoms with Gasteiger partial charge in [-0.05, 0) is 174 Å². The summed E-state index contributed by atoms with van der Waals surface area (Å²) in [4.78, 5) is 23.6. The molecule has 0 spiro atoms. The van der Waals surface area contributed by atoms with Crippen molar-refractivity contribution in [2.24, 2.45) is 0 Å². The molecule has 14 aromatic rings. The van der Waals surface area contributed by atoms with Gasteiger partial charge >= 0.3 is 18.9 Å². The van der Waals surface area contributed by atoms with E-state index in [1.165, 1.54) is 124 Å². The fourth-order valence-corrected chi connectivity index (χ4v) is 14.1. The number of aryl methyl sites for hydroxylation is 1. The third-order valence-corrected chi connectivity index (χ3v) is 18.9. The molecule has 11 heteroatoms. The van der Waals surface area contributed by atoms with Gasteiger partial charge in [-0.15, -0.1) is 46.2 Å². The van der Waals surface area contributed by atoms with Gasteiger partial charge in [0.2, 0.25) is 0 Å². The Hall–Kier alpha value is -6.41. The third-order valence-electron chi connectivity index (χ3n) is 14.8. The molecule has 0 aliphatic carbocycles. The minimum absolute atomic E-state index is 0. The van der Waals surface area contributed by atoms with Crippen LogP contribution in [0.1, 0.15) is 70.0 Å². The maximum absolute atomic E-state index is 10.8. The Labute approximate surface area is 566 Å². The van der Waals surface area contributed by atoms with Gasteiger partial charge in [0.05, 0.1) is 9.40 Å². The molecule has 15 rings (SSSR count). The smallest absolute Gasteiger partial charge is 0.381 e. The van der Waals surface area contributed by atoms with Crippen LogP contribution in [0.5, 0.6) is 0 Å². The van der Waals surface area contributed by atoms with Crippen LogP contribution < -0.4 is 18.9 Å². The van der Waals surface area contributed by atoms with Crippen LogP contribution >= 0.6 is 81.0 Å². The van der Waals surface area contributed by atoms with Gasteiger partial charge in [-0.3, -0.25) is 9.59 Å². The van der Waals surface area contributed by atoms with Crippen molar-refractivity contribution < 1.29 is 33.2 Å². The van der Waals surface area contributed by atoms with Crippen LogP contribution in [0.25, 0.3) is 106 Å². The molecule has 444 valence electrons. The van der Waals surface area contributed by atoms with Crippen LogP contribution in [0.3, 0.4) is 0 Å². The summed E-state index contributed by atoms with van der Waals surface area (Å²) in [6.45, 7) is 9.90. The van der Waals surface area contributed by atoms with Gasteiger partial charge in [-0.25, -0.2) is 0 Å². The largest absolute Gasteiger partial charge is 1.00 e. The van der Waals surface area contributed by atoms with E-state index in [2.05, 4.69) is 197 Å². The maximum Gasteiger partial charge on any atom is 1.00 e. The monoisotopic (exact) mass is 1290 g/mol. The van der Waals surface area contributed by atoms with Gasteiger partial charge in [-0.1, -0.05) is 224 Å². The van der Waals surface area contributed by atoms with Gasteiger partial charge in [0.25, 0.3) is 0 Å². The van der Waals surface area contributed by atoms with Crippen LogP contribution in [0.2, 0.25) is 0 Å². The zero-order chi connectivity index (χ0) is 61.8. The topological polar surface area (TPSA) is 43.4 Å². The summed E-state index contributed by atoms with van der Waals surface area (Å²) in [5, 5.41) is 17.9. The van der Waals surface area contributed by atoms with Crippen LogP contribution in [0, 0.1) is 13.8 Å². The molecule has 0 bridgehead atoms. The number of carbonyl (C=O) groups excluding carboxylic acids is 2. The van der Waals surface area contributed by atoms with Crippen molar-refractivity contribution in [3.8, 4) is 0 Å². The normalized spacial score (nSPS) is 11.6. The molecular weight excluding hydrogens is 1230 g/mol. The van der Waals surface area contributed by atoms with Crippen LogP contribution in [-0.2, 0) is 4.74 Å². The van der Waals surface area contributed by atoms with Crippen molar-refractivity contribution in [3.63, 3.8) is 0 Å². The first-order valence-electron chi connectivity index (χ1n) is 29.2. The summed E-state index contributed by atoms with van der Waals surface area (Å²) < 4.78 is 9.85. The van der Waals surface area contributed by atoms with Crippen molar-refractivity contribution in [1.29, 1.82) is 0 Å². The first kappa shape index (κ1) is 68.5. The number of alkyl halides is 3. The molecule has 89 heavy (non-hydrogen) atoms. The summed E-state index contributed by atoms with van der Waals surface area (Å²) >= 11 is 21.7. The Kier molecular flexibility index (Phi) is 26.7. The number of hydrogen-bond acceptors (Lipinski definition) is 7. The third kappa shape index (κ3) is 18.4. The van der Waals surface area contributed by atoms with Crippen LogP contribution in [0.15, 0.2) is 234 Å². The number of aldehydes is 2. The maximum atomic E-state index is 10.8. The fourth-order valence-electron chi connectivity index (χ4n) is 10.2. The molecular formula is C78H68Cl3LiO3S4. The quantitative estimate of drug-likeness (QED) is 0.0397.